The topological polar surface area (TPSA) is 48.3 Å². The molecule has 0 aromatic heterocycles. The van der Waals surface area contributed by atoms with Crippen molar-refractivity contribution < 1.29 is 4.79 Å². The SMILES string of the molecule is Cc1cccc2c1N(C(=O)C(C)C)Cc1ccccc1C1C2N=NN1C. The van der Waals surface area contributed by atoms with E-state index in [1.165, 1.54) is 5.56 Å². The van der Waals surface area contributed by atoms with Crippen LogP contribution in [0.4, 0.5) is 5.69 Å². The Bertz CT molecular complexity index is 889. The summed E-state index contributed by atoms with van der Waals surface area (Å²) in [6, 6.07) is 14.5. The molecule has 0 saturated heterocycles. The van der Waals surface area contributed by atoms with E-state index in [4.69, 9.17) is 0 Å². The molecule has 2 heterocycles. The van der Waals surface area contributed by atoms with Crippen molar-refractivity contribution in [3.8, 4) is 0 Å². The Morgan fingerprint density at radius 1 is 1.12 bits per heavy atom. The number of hydrogen-bond donors (Lipinski definition) is 0. The lowest BCUT2D eigenvalue weighted by Gasteiger charge is -2.35. The van der Waals surface area contributed by atoms with Crippen LogP contribution in [0.15, 0.2) is 52.8 Å². The molecule has 1 amide bonds. The van der Waals surface area contributed by atoms with Gasteiger partial charge in [-0.1, -0.05) is 61.5 Å². The highest BCUT2D eigenvalue weighted by molar-refractivity contribution is 5.96. The fourth-order valence-corrected chi connectivity index (χ4v) is 4.07. The molecular formula is C21H24N4O. The number of hydrogen-bond acceptors (Lipinski definition) is 4. The van der Waals surface area contributed by atoms with Crippen molar-refractivity contribution in [3.63, 3.8) is 0 Å². The second-order valence-corrected chi connectivity index (χ2v) is 7.46. The van der Waals surface area contributed by atoms with Gasteiger partial charge in [0, 0.05) is 18.5 Å². The maximum atomic E-state index is 13.1. The lowest BCUT2D eigenvalue weighted by atomic mass is 9.86. The highest BCUT2D eigenvalue weighted by atomic mass is 16.2. The van der Waals surface area contributed by atoms with Crippen molar-refractivity contribution in [1.82, 2.24) is 5.01 Å². The van der Waals surface area contributed by atoms with Crippen LogP contribution in [-0.2, 0) is 11.3 Å². The molecule has 4 rings (SSSR count). The molecule has 26 heavy (non-hydrogen) atoms. The van der Waals surface area contributed by atoms with Gasteiger partial charge in [0.2, 0.25) is 5.91 Å². The number of likely N-dealkylation sites (N-methyl/N-ethyl adjacent to an activating group) is 1. The van der Waals surface area contributed by atoms with Crippen molar-refractivity contribution in [2.24, 2.45) is 16.3 Å². The van der Waals surface area contributed by atoms with Crippen LogP contribution in [0.3, 0.4) is 0 Å². The van der Waals surface area contributed by atoms with Crippen LogP contribution in [0.2, 0.25) is 0 Å². The van der Waals surface area contributed by atoms with Gasteiger partial charge in [-0.05, 0) is 23.6 Å². The first kappa shape index (κ1) is 16.8. The third-order valence-electron chi connectivity index (χ3n) is 5.34. The zero-order valence-corrected chi connectivity index (χ0v) is 15.7. The molecule has 0 radical (unpaired) electrons. The van der Waals surface area contributed by atoms with E-state index in [1.54, 1.807) is 0 Å². The van der Waals surface area contributed by atoms with E-state index in [0.29, 0.717) is 6.54 Å². The van der Waals surface area contributed by atoms with Crippen molar-refractivity contribution in [2.45, 2.75) is 39.4 Å². The van der Waals surface area contributed by atoms with Gasteiger partial charge in [0.25, 0.3) is 0 Å². The number of fused-ring (bicyclic) bond motifs is 5. The predicted octanol–water partition coefficient (Wildman–Crippen LogP) is 4.59. The standard InChI is InChI=1S/C21H24N4O/c1-13(2)21(26)25-12-15-9-5-6-10-16(15)20-18(22-23-24(20)4)17-11-7-8-14(3)19(17)25/h5-11,13,18,20H,12H2,1-4H3. The maximum Gasteiger partial charge on any atom is 0.229 e. The fraction of sp³-hybridized carbons (Fsp3) is 0.381. The van der Waals surface area contributed by atoms with E-state index in [0.717, 1.165) is 22.4 Å². The first-order valence-electron chi connectivity index (χ1n) is 9.11. The van der Waals surface area contributed by atoms with Crippen LogP contribution in [0.25, 0.3) is 0 Å². The van der Waals surface area contributed by atoms with Gasteiger partial charge in [-0.2, -0.15) is 5.11 Å². The Hall–Kier alpha value is -2.69. The van der Waals surface area contributed by atoms with E-state index in [2.05, 4.69) is 47.6 Å². The molecule has 0 saturated carbocycles. The molecule has 5 nitrogen and oxygen atoms in total. The van der Waals surface area contributed by atoms with E-state index in [9.17, 15) is 4.79 Å². The van der Waals surface area contributed by atoms with Crippen LogP contribution in [0.5, 0.6) is 0 Å². The Morgan fingerprint density at radius 2 is 1.85 bits per heavy atom. The molecule has 2 aliphatic heterocycles. The average Bonchev–Trinajstić information content (AvgIpc) is 2.99. The van der Waals surface area contributed by atoms with E-state index in [-0.39, 0.29) is 23.9 Å². The van der Waals surface area contributed by atoms with Crippen LogP contribution in [0, 0.1) is 12.8 Å². The molecule has 0 bridgehead atoms. The van der Waals surface area contributed by atoms with E-state index < -0.39 is 0 Å². The minimum Gasteiger partial charge on any atom is -0.307 e. The van der Waals surface area contributed by atoms with Crippen LogP contribution in [0.1, 0.15) is 48.2 Å². The molecule has 0 spiro atoms. The number of carbonyl (C=O) groups is 1. The number of amides is 1. The summed E-state index contributed by atoms with van der Waals surface area (Å²) in [5.74, 6) is 0.0646. The lowest BCUT2D eigenvalue weighted by Crippen LogP contribution is -2.37. The summed E-state index contributed by atoms with van der Waals surface area (Å²) >= 11 is 0. The molecule has 134 valence electrons. The first-order valence-corrected chi connectivity index (χ1v) is 9.11. The Kier molecular flexibility index (Phi) is 4.02. The molecule has 2 aromatic rings. The van der Waals surface area contributed by atoms with Gasteiger partial charge in [0.1, 0.15) is 12.1 Å². The molecule has 0 aliphatic carbocycles. The number of nitrogens with zero attached hydrogens (tertiary/aromatic N) is 4. The summed E-state index contributed by atoms with van der Waals surface area (Å²) in [6.07, 6.45) is 0. The number of para-hydroxylation sites is 1. The molecule has 0 N–H and O–H groups in total. The van der Waals surface area contributed by atoms with Gasteiger partial charge in [-0.3, -0.25) is 9.80 Å². The normalized spacial score (nSPS) is 21.1. The van der Waals surface area contributed by atoms with E-state index in [1.807, 2.05) is 42.9 Å². The predicted molar refractivity (Wildman–Crippen MR) is 102 cm³/mol. The average molecular weight is 348 g/mol. The Labute approximate surface area is 154 Å². The highest BCUT2D eigenvalue weighted by Gasteiger charge is 2.39. The Balaban J connectivity index is 1.98. The van der Waals surface area contributed by atoms with Gasteiger partial charge in [0.05, 0.1) is 12.2 Å². The van der Waals surface area contributed by atoms with Crippen molar-refractivity contribution in [1.29, 1.82) is 0 Å². The maximum absolute atomic E-state index is 13.1. The van der Waals surface area contributed by atoms with Gasteiger partial charge in [0.15, 0.2) is 0 Å². The number of aryl methyl sites for hydroxylation is 1. The number of benzene rings is 2. The monoisotopic (exact) mass is 348 g/mol. The summed E-state index contributed by atoms with van der Waals surface area (Å²) < 4.78 is 0. The van der Waals surface area contributed by atoms with Gasteiger partial charge < -0.3 is 4.90 Å². The van der Waals surface area contributed by atoms with Crippen LogP contribution >= 0.6 is 0 Å². The zero-order valence-electron chi connectivity index (χ0n) is 15.7. The summed E-state index contributed by atoms with van der Waals surface area (Å²) in [5, 5.41) is 10.9. The van der Waals surface area contributed by atoms with Crippen LogP contribution < -0.4 is 4.90 Å². The minimum absolute atomic E-state index is 0.0584. The third-order valence-corrected chi connectivity index (χ3v) is 5.34. The summed E-state index contributed by atoms with van der Waals surface area (Å²) in [6.45, 7) is 6.55. The van der Waals surface area contributed by atoms with Gasteiger partial charge >= 0.3 is 0 Å². The molecule has 2 aliphatic rings. The minimum atomic E-state index is -0.112. The summed E-state index contributed by atoms with van der Waals surface area (Å²) in [7, 11) is 1.97. The van der Waals surface area contributed by atoms with Crippen molar-refractivity contribution in [3.05, 3.63) is 64.7 Å². The molecule has 5 heteroatoms. The molecule has 2 unspecified atom stereocenters. The quantitative estimate of drug-likeness (QED) is 0.756. The lowest BCUT2D eigenvalue weighted by molar-refractivity contribution is -0.121. The van der Waals surface area contributed by atoms with Crippen molar-refractivity contribution >= 4 is 11.6 Å². The summed E-state index contributed by atoms with van der Waals surface area (Å²) in [5.41, 5.74) is 5.51. The first-order chi connectivity index (χ1) is 12.5. The van der Waals surface area contributed by atoms with Crippen molar-refractivity contribution in [2.75, 3.05) is 11.9 Å². The second-order valence-electron chi connectivity index (χ2n) is 7.46. The van der Waals surface area contributed by atoms with Gasteiger partial charge in [-0.25, -0.2) is 0 Å². The van der Waals surface area contributed by atoms with E-state index >= 15 is 0 Å². The number of carbonyl (C=O) groups excluding carboxylic acids is 1. The molecule has 2 atom stereocenters. The second kappa shape index (κ2) is 6.24. The van der Waals surface area contributed by atoms with Gasteiger partial charge in [-0.15, -0.1) is 0 Å². The van der Waals surface area contributed by atoms with Crippen LogP contribution in [-0.4, -0.2) is 18.0 Å². The smallest absolute Gasteiger partial charge is 0.229 e. The molecular weight excluding hydrogens is 324 g/mol. The zero-order chi connectivity index (χ0) is 18.4. The third kappa shape index (κ3) is 2.50. The molecule has 0 fully saturated rings. The largest absolute Gasteiger partial charge is 0.307 e. The Morgan fingerprint density at radius 3 is 2.62 bits per heavy atom. The fourth-order valence-electron chi connectivity index (χ4n) is 4.07. The highest BCUT2D eigenvalue weighted by Crippen LogP contribution is 2.48. The number of rotatable bonds is 1. The molecule has 2 aromatic carbocycles. The summed E-state index contributed by atoms with van der Waals surface area (Å²) in [4.78, 5) is 15.0. The number of anilines is 1.